The summed E-state index contributed by atoms with van der Waals surface area (Å²) in [4.78, 5) is 8.04. The fraction of sp³-hybridized carbons (Fsp3) is 0.241. The molecule has 0 amide bonds. The highest BCUT2D eigenvalue weighted by atomic mass is 15.3. The van der Waals surface area contributed by atoms with E-state index in [1.807, 2.05) is 23.3 Å². The molecule has 2 N–H and O–H groups in total. The molecule has 1 fully saturated rings. The number of nitrogens with one attached hydrogen (secondary N) is 2. The van der Waals surface area contributed by atoms with Crippen molar-refractivity contribution in [3.63, 3.8) is 0 Å². The minimum absolute atomic E-state index is 0.670. The van der Waals surface area contributed by atoms with Crippen LogP contribution in [0.3, 0.4) is 0 Å². The Kier molecular flexibility index (Phi) is 5.47. The highest BCUT2D eigenvalue weighted by Gasteiger charge is 2.15. The van der Waals surface area contributed by atoms with Crippen molar-refractivity contribution in [2.75, 3.05) is 13.1 Å². The van der Waals surface area contributed by atoms with Crippen LogP contribution in [-0.4, -0.2) is 32.8 Å². The molecular weight excluding hydrogens is 418 g/mol. The van der Waals surface area contributed by atoms with Crippen LogP contribution in [0.5, 0.6) is 0 Å². The van der Waals surface area contributed by atoms with Gasteiger partial charge in [-0.15, -0.1) is 0 Å². The molecule has 5 aromatic rings. The van der Waals surface area contributed by atoms with Gasteiger partial charge in [0.15, 0.2) is 0 Å². The Balaban J connectivity index is 1.27. The molecule has 0 atom stereocenters. The van der Waals surface area contributed by atoms with Crippen LogP contribution in [-0.2, 0) is 6.54 Å². The van der Waals surface area contributed by atoms with Crippen molar-refractivity contribution in [2.24, 2.45) is 0 Å². The third kappa shape index (κ3) is 4.15. The number of nitrogens with zero attached hydrogens (tertiary/aromatic N) is 3. The molecule has 1 aliphatic heterocycles. The van der Waals surface area contributed by atoms with Crippen LogP contribution in [0, 0.1) is 6.92 Å². The molecule has 0 saturated carbocycles. The van der Waals surface area contributed by atoms with Gasteiger partial charge in [0.1, 0.15) is 5.65 Å². The van der Waals surface area contributed by atoms with Gasteiger partial charge in [0.25, 0.3) is 0 Å². The summed E-state index contributed by atoms with van der Waals surface area (Å²) in [5.74, 6) is 0.670. The van der Waals surface area contributed by atoms with E-state index in [1.165, 1.54) is 35.1 Å². The van der Waals surface area contributed by atoms with Crippen LogP contribution in [0.15, 0.2) is 79.4 Å². The number of piperidine rings is 1. The lowest BCUT2D eigenvalue weighted by Gasteiger charge is -2.23. The number of aromatic amines is 1. The molecule has 170 valence electrons. The minimum atomic E-state index is 0.670. The van der Waals surface area contributed by atoms with E-state index >= 15 is 0 Å². The number of rotatable bonds is 5. The summed E-state index contributed by atoms with van der Waals surface area (Å²) in [6, 6.07) is 19.9. The molecule has 0 radical (unpaired) electrons. The summed E-state index contributed by atoms with van der Waals surface area (Å²) >= 11 is 0. The predicted molar refractivity (Wildman–Crippen MR) is 138 cm³/mol. The van der Waals surface area contributed by atoms with Crippen molar-refractivity contribution >= 4 is 11.0 Å². The maximum absolute atomic E-state index is 4.71. The third-order valence-corrected chi connectivity index (χ3v) is 6.96. The zero-order valence-corrected chi connectivity index (χ0v) is 19.5. The summed E-state index contributed by atoms with van der Waals surface area (Å²) < 4.78 is 2.00. The Morgan fingerprint density at radius 1 is 0.941 bits per heavy atom. The summed E-state index contributed by atoms with van der Waals surface area (Å²) in [5.41, 5.74) is 9.44. The Hall–Kier alpha value is -3.70. The maximum atomic E-state index is 4.71. The van der Waals surface area contributed by atoms with Gasteiger partial charge in [-0.3, -0.25) is 4.68 Å². The summed E-state index contributed by atoms with van der Waals surface area (Å²) in [7, 11) is 0. The Labute approximate surface area is 199 Å². The molecular formula is C29H29N5. The number of pyridine rings is 1. The second kappa shape index (κ2) is 8.92. The fourth-order valence-electron chi connectivity index (χ4n) is 5.09. The van der Waals surface area contributed by atoms with E-state index < -0.39 is 0 Å². The molecule has 1 aliphatic rings. The second-order valence-electron chi connectivity index (χ2n) is 9.38. The van der Waals surface area contributed by atoms with E-state index in [0.29, 0.717) is 5.92 Å². The number of fused-ring (bicyclic) bond motifs is 1. The molecule has 4 heterocycles. The largest absolute Gasteiger partial charge is 0.346 e. The van der Waals surface area contributed by atoms with Gasteiger partial charge < -0.3 is 10.3 Å². The highest BCUT2D eigenvalue weighted by molar-refractivity contribution is 5.95. The standard InChI is InChI=1S/C29H29N5/c1-20-3-2-4-21(13-20)18-34-19-26(16-33-34)28-17-32-29-27(28)14-25(15-31-29)23-7-5-22(6-8-23)24-9-11-30-12-10-24/h2-8,13-17,19,24,30H,9-12,18H2,1H3,(H,31,32). The maximum Gasteiger partial charge on any atom is 0.137 e. The van der Waals surface area contributed by atoms with Crippen molar-refractivity contribution in [1.82, 2.24) is 25.1 Å². The van der Waals surface area contributed by atoms with Crippen LogP contribution in [0.4, 0.5) is 0 Å². The molecule has 0 spiro atoms. The second-order valence-corrected chi connectivity index (χ2v) is 9.38. The van der Waals surface area contributed by atoms with E-state index in [-0.39, 0.29) is 0 Å². The first-order valence-electron chi connectivity index (χ1n) is 12.1. The van der Waals surface area contributed by atoms with E-state index in [0.717, 1.165) is 47.4 Å². The lowest BCUT2D eigenvalue weighted by atomic mass is 9.89. The van der Waals surface area contributed by atoms with Crippen molar-refractivity contribution in [3.05, 3.63) is 96.1 Å². The van der Waals surface area contributed by atoms with Gasteiger partial charge in [0.05, 0.1) is 12.7 Å². The van der Waals surface area contributed by atoms with Crippen LogP contribution >= 0.6 is 0 Å². The highest BCUT2D eigenvalue weighted by Crippen LogP contribution is 2.32. The van der Waals surface area contributed by atoms with E-state index in [9.17, 15) is 0 Å². The molecule has 3 aromatic heterocycles. The average molecular weight is 448 g/mol. The lowest BCUT2D eigenvalue weighted by molar-refractivity contribution is 0.460. The topological polar surface area (TPSA) is 58.5 Å². The average Bonchev–Trinajstić information content (AvgIpc) is 3.51. The van der Waals surface area contributed by atoms with E-state index in [2.05, 4.69) is 83.1 Å². The number of hydrogen-bond donors (Lipinski definition) is 2. The molecule has 6 rings (SSSR count). The first kappa shape index (κ1) is 20.9. The zero-order valence-electron chi connectivity index (χ0n) is 19.5. The number of aromatic nitrogens is 4. The van der Waals surface area contributed by atoms with Crippen molar-refractivity contribution in [2.45, 2.75) is 32.2 Å². The first-order valence-corrected chi connectivity index (χ1v) is 12.1. The molecule has 0 bridgehead atoms. The van der Waals surface area contributed by atoms with Gasteiger partial charge in [-0.2, -0.15) is 5.10 Å². The monoisotopic (exact) mass is 447 g/mol. The normalized spacial score (nSPS) is 14.6. The number of H-pyrrole nitrogens is 1. The van der Waals surface area contributed by atoms with Crippen molar-refractivity contribution in [3.8, 4) is 22.3 Å². The molecule has 1 saturated heterocycles. The fourth-order valence-corrected chi connectivity index (χ4v) is 5.09. The smallest absolute Gasteiger partial charge is 0.137 e. The van der Waals surface area contributed by atoms with Gasteiger partial charge in [-0.05, 0) is 61.5 Å². The van der Waals surface area contributed by atoms with Gasteiger partial charge in [0, 0.05) is 40.7 Å². The lowest BCUT2D eigenvalue weighted by Crippen LogP contribution is -2.26. The van der Waals surface area contributed by atoms with Gasteiger partial charge in [-0.25, -0.2) is 4.98 Å². The number of aryl methyl sites for hydroxylation is 1. The Morgan fingerprint density at radius 2 is 1.79 bits per heavy atom. The predicted octanol–water partition coefficient (Wildman–Crippen LogP) is 5.92. The number of benzene rings is 2. The van der Waals surface area contributed by atoms with Crippen LogP contribution in [0.2, 0.25) is 0 Å². The van der Waals surface area contributed by atoms with Crippen LogP contribution in [0.25, 0.3) is 33.3 Å². The molecule has 34 heavy (non-hydrogen) atoms. The van der Waals surface area contributed by atoms with Crippen LogP contribution < -0.4 is 5.32 Å². The molecule has 2 aromatic carbocycles. The van der Waals surface area contributed by atoms with Gasteiger partial charge >= 0.3 is 0 Å². The molecule has 0 aliphatic carbocycles. The quantitative estimate of drug-likeness (QED) is 0.352. The summed E-state index contributed by atoms with van der Waals surface area (Å²) in [5, 5.41) is 9.19. The zero-order chi connectivity index (χ0) is 22.9. The number of hydrogen-bond acceptors (Lipinski definition) is 3. The van der Waals surface area contributed by atoms with E-state index in [1.54, 1.807) is 0 Å². The van der Waals surface area contributed by atoms with Gasteiger partial charge in [0.2, 0.25) is 0 Å². The summed E-state index contributed by atoms with van der Waals surface area (Å²) in [6.07, 6.45) is 10.5. The summed E-state index contributed by atoms with van der Waals surface area (Å²) in [6.45, 7) is 5.11. The van der Waals surface area contributed by atoms with Crippen LogP contribution in [0.1, 0.15) is 35.4 Å². The third-order valence-electron chi connectivity index (χ3n) is 6.96. The molecule has 5 nitrogen and oxygen atoms in total. The van der Waals surface area contributed by atoms with Crippen molar-refractivity contribution < 1.29 is 0 Å². The van der Waals surface area contributed by atoms with Gasteiger partial charge in [-0.1, -0.05) is 54.1 Å². The van der Waals surface area contributed by atoms with Crippen molar-refractivity contribution in [1.29, 1.82) is 0 Å². The Morgan fingerprint density at radius 3 is 2.62 bits per heavy atom. The minimum Gasteiger partial charge on any atom is -0.346 e. The SMILES string of the molecule is Cc1cccc(Cn2cc(-c3c[nH]c4ncc(-c5ccc(C6CCNCC6)cc5)cc34)cn2)c1. The molecule has 5 heteroatoms. The Bertz CT molecular complexity index is 1420. The first-order chi connectivity index (χ1) is 16.7. The van der Waals surface area contributed by atoms with E-state index in [4.69, 9.17) is 4.98 Å². The molecule has 0 unspecified atom stereocenters.